The van der Waals surface area contributed by atoms with Gasteiger partial charge in [-0.25, -0.2) is 0 Å². The van der Waals surface area contributed by atoms with Crippen LogP contribution in [0, 0.1) is 11.3 Å². The first-order valence-corrected chi connectivity index (χ1v) is 6.58. The van der Waals surface area contributed by atoms with Crippen molar-refractivity contribution in [2.75, 3.05) is 12.3 Å². The monoisotopic (exact) mass is 246 g/mol. The zero-order valence-electron chi connectivity index (χ0n) is 11.2. The van der Waals surface area contributed by atoms with Crippen molar-refractivity contribution in [3.05, 3.63) is 29.8 Å². The highest BCUT2D eigenvalue weighted by atomic mass is 16.1. The van der Waals surface area contributed by atoms with Crippen molar-refractivity contribution in [1.82, 2.24) is 5.32 Å². The summed E-state index contributed by atoms with van der Waals surface area (Å²) in [4.78, 5) is 11.7. The lowest BCUT2D eigenvalue weighted by molar-refractivity contribution is -0.121. The molecular weight excluding hydrogens is 224 g/mol. The molecular formula is C15H22N2O. The maximum absolute atomic E-state index is 11.7. The summed E-state index contributed by atoms with van der Waals surface area (Å²) in [6, 6.07) is 7.71. The predicted octanol–water partition coefficient (Wildman–Crippen LogP) is 2.36. The molecule has 3 heteroatoms. The number of anilines is 1. The maximum Gasteiger partial charge on any atom is 0.220 e. The molecule has 3 N–H and O–H groups in total. The number of nitrogens with two attached hydrogens (primary N) is 1. The molecule has 1 amide bonds. The highest BCUT2D eigenvalue weighted by Crippen LogP contribution is 2.50. The molecule has 3 nitrogen and oxygen atoms in total. The second-order valence-electron chi connectivity index (χ2n) is 5.94. The van der Waals surface area contributed by atoms with E-state index in [1.807, 2.05) is 24.3 Å². The van der Waals surface area contributed by atoms with Crippen LogP contribution in [0.1, 0.15) is 32.3 Å². The van der Waals surface area contributed by atoms with Crippen molar-refractivity contribution in [1.29, 1.82) is 0 Å². The van der Waals surface area contributed by atoms with Gasteiger partial charge < -0.3 is 11.1 Å². The van der Waals surface area contributed by atoms with E-state index in [9.17, 15) is 4.79 Å². The van der Waals surface area contributed by atoms with Gasteiger partial charge in [0.2, 0.25) is 5.91 Å². The number of benzene rings is 1. The number of rotatable bonds is 5. The second kappa shape index (κ2) is 5.01. The van der Waals surface area contributed by atoms with Gasteiger partial charge in [-0.15, -0.1) is 0 Å². The van der Waals surface area contributed by atoms with Gasteiger partial charge >= 0.3 is 0 Å². The summed E-state index contributed by atoms with van der Waals surface area (Å²) in [5, 5.41) is 3.02. The van der Waals surface area contributed by atoms with Crippen LogP contribution < -0.4 is 11.1 Å². The summed E-state index contributed by atoms with van der Waals surface area (Å²) < 4.78 is 0. The minimum absolute atomic E-state index is 0.148. The summed E-state index contributed by atoms with van der Waals surface area (Å²) in [6.45, 7) is 5.32. The summed E-state index contributed by atoms with van der Waals surface area (Å²) in [5.41, 5.74) is 7.97. The van der Waals surface area contributed by atoms with Gasteiger partial charge in [-0.2, -0.15) is 0 Å². The standard InChI is InChI=1S/C15H22N2O/c1-15(2)9-12(15)10-17-14(18)8-5-11-3-6-13(16)7-4-11/h3-4,6-7,12H,5,8-10,16H2,1-2H3,(H,17,18). The van der Waals surface area contributed by atoms with Crippen LogP contribution in [0.25, 0.3) is 0 Å². The van der Waals surface area contributed by atoms with E-state index in [2.05, 4.69) is 19.2 Å². The molecule has 0 radical (unpaired) electrons. The average Bonchev–Trinajstić information content (AvgIpc) is 2.94. The van der Waals surface area contributed by atoms with E-state index in [4.69, 9.17) is 5.73 Å². The van der Waals surface area contributed by atoms with Crippen LogP contribution in [-0.4, -0.2) is 12.5 Å². The Morgan fingerprint density at radius 3 is 2.56 bits per heavy atom. The fourth-order valence-corrected chi connectivity index (χ4v) is 2.19. The lowest BCUT2D eigenvalue weighted by Crippen LogP contribution is -2.26. The Hall–Kier alpha value is -1.51. The minimum atomic E-state index is 0.148. The van der Waals surface area contributed by atoms with E-state index < -0.39 is 0 Å². The van der Waals surface area contributed by atoms with E-state index in [0.29, 0.717) is 17.8 Å². The fraction of sp³-hybridized carbons (Fsp3) is 0.533. The lowest BCUT2D eigenvalue weighted by Gasteiger charge is -2.06. The zero-order valence-corrected chi connectivity index (χ0v) is 11.2. The maximum atomic E-state index is 11.7. The first kappa shape index (κ1) is 12.9. The number of nitrogens with one attached hydrogen (secondary N) is 1. The van der Waals surface area contributed by atoms with Crippen LogP contribution in [0.3, 0.4) is 0 Å². The van der Waals surface area contributed by atoms with E-state index >= 15 is 0 Å². The lowest BCUT2D eigenvalue weighted by atomic mass is 10.1. The molecule has 1 aromatic carbocycles. The van der Waals surface area contributed by atoms with Crippen LogP contribution in [0.4, 0.5) is 5.69 Å². The fourth-order valence-electron chi connectivity index (χ4n) is 2.19. The third kappa shape index (κ3) is 3.49. The molecule has 2 rings (SSSR count). The van der Waals surface area contributed by atoms with Gasteiger partial charge in [0.05, 0.1) is 0 Å². The van der Waals surface area contributed by atoms with Crippen molar-refractivity contribution in [2.45, 2.75) is 33.1 Å². The van der Waals surface area contributed by atoms with Gasteiger partial charge in [0.1, 0.15) is 0 Å². The molecule has 98 valence electrons. The molecule has 1 fully saturated rings. The van der Waals surface area contributed by atoms with Gasteiger partial charge in [0.25, 0.3) is 0 Å². The SMILES string of the molecule is CC1(C)CC1CNC(=O)CCc1ccc(N)cc1. The Labute approximate surface area is 109 Å². The van der Waals surface area contributed by atoms with Gasteiger partial charge in [0.15, 0.2) is 0 Å². The third-order valence-corrected chi connectivity index (χ3v) is 3.88. The molecule has 1 aromatic rings. The van der Waals surface area contributed by atoms with Crippen LogP contribution in [0.5, 0.6) is 0 Å². The quantitative estimate of drug-likeness (QED) is 0.784. The molecule has 18 heavy (non-hydrogen) atoms. The molecule has 1 atom stereocenters. The first-order chi connectivity index (χ1) is 8.47. The Bertz CT molecular complexity index is 423. The number of amides is 1. The normalized spacial score (nSPS) is 20.4. The average molecular weight is 246 g/mol. The molecule has 0 bridgehead atoms. The van der Waals surface area contributed by atoms with E-state index in [1.165, 1.54) is 6.42 Å². The summed E-state index contributed by atoms with van der Waals surface area (Å²) >= 11 is 0. The Balaban J connectivity index is 1.67. The van der Waals surface area contributed by atoms with Crippen LogP contribution >= 0.6 is 0 Å². The Morgan fingerprint density at radius 1 is 1.39 bits per heavy atom. The molecule has 0 spiro atoms. The molecule has 1 aliphatic carbocycles. The van der Waals surface area contributed by atoms with Crippen LogP contribution in [0.15, 0.2) is 24.3 Å². The third-order valence-electron chi connectivity index (χ3n) is 3.88. The van der Waals surface area contributed by atoms with E-state index in [1.54, 1.807) is 0 Å². The number of carbonyl (C=O) groups is 1. The number of hydrogen-bond donors (Lipinski definition) is 2. The molecule has 0 heterocycles. The van der Waals surface area contributed by atoms with Crippen LogP contribution in [-0.2, 0) is 11.2 Å². The first-order valence-electron chi connectivity index (χ1n) is 6.58. The number of carbonyl (C=O) groups excluding carboxylic acids is 1. The Kier molecular flexibility index (Phi) is 3.60. The van der Waals surface area contributed by atoms with E-state index in [0.717, 1.165) is 24.2 Å². The second-order valence-corrected chi connectivity index (χ2v) is 5.94. The van der Waals surface area contributed by atoms with Crippen molar-refractivity contribution in [2.24, 2.45) is 11.3 Å². The molecule has 0 saturated heterocycles. The molecule has 1 unspecified atom stereocenters. The topological polar surface area (TPSA) is 55.1 Å². The number of hydrogen-bond acceptors (Lipinski definition) is 2. The minimum Gasteiger partial charge on any atom is -0.399 e. The highest BCUT2D eigenvalue weighted by Gasteiger charge is 2.45. The van der Waals surface area contributed by atoms with Gasteiger partial charge in [-0.05, 0) is 41.9 Å². The molecule has 0 aliphatic heterocycles. The van der Waals surface area contributed by atoms with Crippen molar-refractivity contribution in [3.63, 3.8) is 0 Å². The molecule has 1 saturated carbocycles. The Morgan fingerprint density at radius 2 is 2.00 bits per heavy atom. The summed E-state index contributed by atoms with van der Waals surface area (Å²) in [7, 11) is 0. The van der Waals surface area contributed by atoms with Gasteiger partial charge in [0, 0.05) is 18.7 Å². The zero-order chi connectivity index (χ0) is 13.2. The smallest absolute Gasteiger partial charge is 0.220 e. The summed E-state index contributed by atoms with van der Waals surface area (Å²) in [5.74, 6) is 0.812. The van der Waals surface area contributed by atoms with Crippen molar-refractivity contribution >= 4 is 11.6 Å². The molecule has 0 aromatic heterocycles. The van der Waals surface area contributed by atoms with Crippen molar-refractivity contribution < 1.29 is 4.79 Å². The molecule has 1 aliphatic rings. The van der Waals surface area contributed by atoms with Crippen LogP contribution in [0.2, 0.25) is 0 Å². The van der Waals surface area contributed by atoms with Gasteiger partial charge in [-0.3, -0.25) is 4.79 Å². The summed E-state index contributed by atoms with van der Waals surface area (Å²) in [6.07, 6.45) is 2.56. The van der Waals surface area contributed by atoms with E-state index in [-0.39, 0.29) is 5.91 Å². The number of aryl methyl sites for hydroxylation is 1. The van der Waals surface area contributed by atoms with Gasteiger partial charge in [-0.1, -0.05) is 26.0 Å². The van der Waals surface area contributed by atoms with Crippen molar-refractivity contribution in [3.8, 4) is 0 Å². The largest absolute Gasteiger partial charge is 0.399 e. The highest BCUT2D eigenvalue weighted by molar-refractivity contribution is 5.76. The predicted molar refractivity (Wildman–Crippen MR) is 74.1 cm³/mol. The number of nitrogen functional groups attached to an aromatic ring is 1.